The van der Waals surface area contributed by atoms with E-state index in [9.17, 15) is 14.5 Å². The number of hydrogen-bond acceptors (Lipinski definition) is 7. The van der Waals surface area contributed by atoms with Crippen molar-refractivity contribution in [1.29, 1.82) is 0 Å². The normalized spacial score (nSPS) is 14.0. The van der Waals surface area contributed by atoms with E-state index in [2.05, 4.69) is 4.98 Å². The number of aromatic hydroxyl groups is 1. The molecule has 0 bridgehead atoms. The first kappa shape index (κ1) is 26.7. The number of allylic oxidation sites excluding steroid dienone is 1. The molecule has 0 saturated heterocycles. The maximum atomic E-state index is 13.2. The monoisotopic (exact) mass is 457 g/mol. The van der Waals surface area contributed by atoms with Crippen LogP contribution in [0.2, 0.25) is 0 Å². The molecular weight excluding hydrogens is 421 g/mol. The van der Waals surface area contributed by atoms with Crippen LogP contribution >= 0.6 is 19.1 Å². The first-order chi connectivity index (χ1) is 14.3. The lowest BCUT2D eigenvalue weighted by Gasteiger charge is -2.20. The standard InChI is InChI=1S/C22H36NO5PS/c1-5-27-22(25)19(17-29(26,28-6-2)16-18(3)4)12-9-7-8-10-15-30-21-20(24)13-11-14-23-21/h11-14,18,24H,5-10,15-17H2,1-4H3. The van der Waals surface area contributed by atoms with E-state index in [4.69, 9.17) is 9.26 Å². The molecule has 0 radical (unpaired) electrons. The molecule has 0 saturated carbocycles. The number of esters is 1. The van der Waals surface area contributed by atoms with Crippen LogP contribution in [0.5, 0.6) is 5.75 Å². The van der Waals surface area contributed by atoms with Gasteiger partial charge in [0.05, 0.1) is 19.4 Å². The number of nitrogens with zero attached hydrogens (tertiary/aromatic N) is 1. The largest absolute Gasteiger partial charge is 0.505 e. The van der Waals surface area contributed by atoms with Crippen LogP contribution in [0.25, 0.3) is 0 Å². The molecule has 0 aliphatic rings. The van der Waals surface area contributed by atoms with Crippen molar-refractivity contribution >= 4 is 25.1 Å². The van der Waals surface area contributed by atoms with Gasteiger partial charge in [-0.25, -0.2) is 9.78 Å². The van der Waals surface area contributed by atoms with Gasteiger partial charge in [0.15, 0.2) is 0 Å². The zero-order chi connectivity index (χ0) is 22.4. The van der Waals surface area contributed by atoms with E-state index in [0.717, 1.165) is 31.4 Å². The van der Waals surface area contributed by atoms with Crippen LogP contribution in [0.15, 0.2) is 35.0 Å². The zero-order valence-corrected chi connectivity index (χ0v) is 20.3. The SMILES string of the molecule is CCOC(=O)C(=CCCCCCSc1ncccc1O)CP(=O)(CC(C)C)OCC. The van der Waals surface area contributed by atoms with Crippen molar-refractivity contribution in [2.24, 2.45) is 5.92 Å². The topological polar surface area (TPSA) is 85.7 Å². The number of rotatable bonds is 15. The minimum absolute atomic E-state index is 0.132. The number of pyridine rings is 1. The average Bonchev–Trinajstić information content (AvgIpc) is 2.67. The summed E-state index contributed by atoms with van der Waals surface area (Å²) in [5.74, 6) is 0.904. The van der Waals surface area contributed by atoms with Crippen LogP contribution in [0, 0.1) is 5.92 Å². The van der Waals surface area contributed by atoms with Crippen LogP contribution in [0.4, 0.5) is 0 Å². The Morgan fingerprint density at radius 2 is 2.03 bits per heavy atom. The fourth-order valence-corrected chi connectivity index (χ4v) is 6.59. The first-order valence-corrected chi connectivity index (χ1v) is 13.6. The summed E-state index contributed by atoms with van der Waals surface area (Å²) in [7, 11) is -2.92. The van der Waals surface area contributed by atoms with Gasteiger partial charge in [0, 0.05) is 17.9 Å². The predicted molar refractivity (Wildman–Crippen MR) is 124 cm³/mol. The molecule has 0 aliphatic carbocycles. The molecule has 8 heteroatoms. The number of carbonyl (C=O) groups excluding carboxylic acids is 1. The van der Waals surface area contributed by atoms with Gasteiger partial charge in [-0.05, 0) is 56.9 Å². The van der Waals surface area contributed by atoms with E-state index in [1.165, 1.54) is 11.8 Å². The average molecular weight is 458 g/mol. The molecule has 1 heterocycles. The summed E-state index contributed by atoms with van der Waals surface area (Å²) in [6.45, 7) is 8.25. The number of thioether (sulfide) groups is 1. The van der Waals surface area contributed by atoms with Gasteiger partial charge in [0.1, 0.15) is 10.8 Å². The van der Waals surface area contributed by atoms with Crippen molar-refractivity contribution in [1.82, 2.24) is 4.98 Å². The Hall–Kier alpha value is -1.30. The molecular formula is C22H36NO5PS. The summed E-state index contributed by atoms with van der Waals surface area (Å²) < 4.78 is 23.9. The number of unbranched alkanes of at least 4 members (excludes halogenated alkanes) is 3. The molecule has 170 valence electrons. The highest BCUT2D eigenvalue weighted by atomic mass is 32.2. The Labute approximate surface area is 185 Å². The fraction of sp³-hybridized carbons (Fsp3) is 0.636. The second kappa shape index (κ2) is 14.7. The van der Waals surface area contributed by atoms with Crippen molar-refractivity contribution in [2.75, 3.05) is 31.3 Å². The quantitative estimate of drug-likeness (QED) is 0.115. The third-order valence-electron chi connectivity index (χ3n) is 4.19. The van der Waals surface area contributed by atoms with Crippen LogP contribution < -0.4 is 0 Å². The van der Waals surface area contributed by atoms with Crippen LogP contribution in [0.3, 0.4) is 0 Å². The molecule has 6 nitrogen and oxygen atoms in total. The van der Waals surface area contributed by atoms with Gasteiger partial charge in [0.2, 0.25) is 7.37 Å². The van der Waals surface area contributed by atoms with E-state index >= 15 is 0 Å². The first-order valence-electron chi connectivity index (χ1n) is 10.7. The lowest BCUT2D eigenvalue weighted by molar-refractivity contribution is -0.138. The van der Waals surface area contributed by atoms with E-state index in [1.54, 1.807) is 25.3 Å². The molecule has 0 amide bonds. The van der Waals surface area contributed by atoms with E-state index in [-0.39, 0.29) is 24.4 Å². The summed E-state index contributed by atoms with van der Waals surface area (Å²) in [6.07, 6.45) is 7.73. The molecule has 1 atom stereocenters. The summed E-state index contributed by atoms with van der Waals surface area (Å²) in [4.78, 5) is 16.5. The Balaban J connectivity index is 2.56. The van der Waals surface area contributed by atoms with Crippen molar-refractivity contribution in [3.63, 3.8) is 0 Å². The van der Waals surface area contributed by atoms with Gasteiger partial charge in [0.25, 0.3) is 0 Å². The molecule has 1 rings (SSSR count). The Morgan fingerprint density at radius 3 is 2.67 bits per heavy atom. The second-order valence-corrected chi connectivity index (χ2v) is 11.1. The highest BCUT2D eigenvalue weighted by Crippen LogP contribution is 2.50. The van der Waals surface area contributed by atoms with Gasteiger partial charge in [-0.2, -0.15) is 0 Å². The summed E-state index contributed by atoms with van der Waals surface area (Å²) in [6, 6.07) is 3.34. The summed E-state index contributed by atoms with van der Waals surface area (Å²) in [5.41, 5.74) is 0.460. The van der Waals surface area contributed by atoms with Crippen LogP contribution in [-0.4, -0.2) is 47.4 Å². The molecule has 1 unspecified atom stereocenters. The van der Waals surface area contributed by atoms with Crippen LogP contribution in [-0.2, 0) is 18.6 Å². The Bertz CT molecular complexity index is 723. The Kier molecular flexibility index (Phi) is 13.1. The number of aromatic nitrogens is 1. The lowest BCUT2D eigenvalue weighted by Crippen LogP contribution is -2.14. The molecule has 1 aromatic rings. The minimum Gasteiger partial charge on any atom is -0.505 e. The molecule has 1 N–H and O–H groups in total. The maximum Gasteiger partial charge on any atom is 0.334 e. The molecule has 30 heavy (non-hydrogen) atoms. The third kappa shape index (κ3) is 10.6. The minimum atomic E-state index is -2.92. The zero-order valence-electron chi connectivity index (χ0n) is 18.6. The van der Waals surface area contributed by atoms with Gasteiger partial charge in [-0.3, -0.25) is 4.57 Å². The van der Waals surface area contributed by atoms with Crippen LogP contribution in [0.1, 0.15) is 53.4 Å². The molecule has 0 aliphatic heterocycles. The van der Waals surface area contributed by atoms with Crippen molar-refractivity contribution in [2.45, 2.75) is 58.4 Å². The number of carbonyl (C=O) groups is 1. The highest BCUT2D eigenvalue weighted by molar-refractivity contribution is 7.99. The number of ether oxygens (including phenoxy) is 1. The van der Waals surface area contributed by atoms with Crippen molar-refractivity contribution in [3.8, 4) is 5.75 Å². The van der Waals surface area contributed by atoms with Crippen molar-refractivity contribution in [3.05, 3.63) is 30.0 Å². The van der Waals surface area contributed by atoms with E-state index in [0.29, 0.717) is 23.4 Å². The molecule has 0 fully saturated rings. The molecule has 0 aromatic carbocycles. The fourth-order valence-electron chi connectivity index (χ4n) is 3.01. The lowest BCUT2D eigenvalue weighted by atomic mass is 10.1. The van der Waals surface area contributed by atoms with E-state index in [1.807, 2.05) is 26.8 Å². The summed E-state index contributed by atoms with van der Waals surface area (Å²) >= 11 is 1.54. The second-order valence-electron chi connectivity index (χ2n) is 7.44. The maximum absolute atomic E-state index is 13.2. The van der Waals surface area contributed by atoms with Gasteiger partial charge in [-0.15, -0.1) is 11.8 Å². The van der Waals surface area contributed by atoms with Crippen molar-refractivity contribution < 1.29 is 23.7 Å². The third-order valence-corrected chi connectivity index (χ3v) is 8.10. The van der Waals surface area contributed by atoms with Gasteiger partial charge >= 0.3 is 5.97 Å². The predicted octanol–water partition coefficient (Wildman–Crippen LogP) is 5.90. The Morgan fingerprint density at radius 1 is 1.27 bits per heavy atom. The molecule has 0 spiro atoms. The number of hydrogen-bond donors (Lipinski definition) is 1. The molecule has 1 aromatic heterocycles. The van der Waals surface area contributed by atoms with Gasteiger partial charge < -0.3 is 14.4 Å². The highest BCUT2D eigenvalue weighted by Gasteiger charge is 2.28. The summed E-state index contributed by atoms with van der Waals surface area (Å²) in [5, 5.41) is 10.4. The smallest absolute Gasteiger partial charge is 0.334 e. The van der Waals surface area contributed by atoms with E-state index < -0.39 is 13.3 Å². The van der Waals surface area contributed by atoms with Gasteiger partial charge in [-0.1, -0.05) is 26.3 Å².